The summed E-state index contributed by atoms with van der Waals surface area (Å²) >= 11 is 0. The van der Waals surface area contributed by atoms with Gasteiger partial charge in [0.2, 0.25) is 0 Å². The highest BCUT2D eigenvalue weighted by atomic mass is 15.3. The minimum absolute atomic E-state index is 0.494. The quantitative estimate of drug-likeness (QED) is 0.907. The van der Waals surface area contributed by atoms with E-state index in [1.807, 2.05) is 0 Å². The van der Waals surface area contributed by atoms with Crippen LogP contribution < -0.4 is 5.32 Å². The van der Waals surface area contributed by atoms with Gasteiger partial charge in [-0.25, -0.2) is 0 Å². The van der Waals surface area contributed by atoms with Crippen molar-refractivity contribution in [3.63, 3.8) is 0 Å². The molecule has 110 valence electrons. The molecule has 2 atom stereocenters. The van der Waals surface area contributed by atoms with Crippen LogP contribution >= 0.6 is 0 Å². The van der Waals surface area contributed by atoms with E-state index < -0.39 is 0 Å². The van der Waals surface area contributed by atoms with E-state index in [4.69, 9.17) is 0 Å². The van der Waals surface area contributed by atoms with Crippen molar-refractivity contribution < 1.29 is 0 Å². The molecule has 20 heavy (non-hydrogen) atoms. The Kier molecular flexibility index (Phi) is 4.39. The van der Waals surface area contributed by atoms with Crippen LogP contribution in [0.3, 0.4) is 0 Å². The zero-order valence-corrected chi connectivity index (χ0v) is 12.8. The molecule has 0 saturated carbocycles. The Morgan fingerprint density at radius 2 is 1.90 bits per heavy atom. The Morgan fingerprint density at radius 3 is 2.60 bits per heavy atom. The molecule has 1 aromatic carbocycles. The number of nitrogens with one attached hydrogen (secondary N) is 1. The molecule has 0 radical (unpaired) electrons. The normalized spacial score (nSPS) is 28.3. The number of piperazine rings is 1. The molecule has 0 amide bonds. The number of hydrogen-bond donors (Lipinski definition) is 1. The molecular formula is C17H27N3. The van der Waals surface area contributed by atoms with Crippen molar-refractivity contribution in [3.8, 4) is 0 Å². The molecule has 1 aromatic rings. The standard InChI is InChI=1S/C17H27N3/c1-3-19-10-12-20(13-11-19)16-9-8-14-6-4-5-7-15(14)17(16)18-2/h4-7,16-18H,3,8-13H2,1-2H3. The summed E-state index contributed by atoms with van der Waals surface area (Å²) in [4.78, 5) is 5.27. The summed E-state index contributed by atoms with van der Waals surface area (Å²) < 4.78 is 0. The van der Waals surface area contributed by atoms with E-state index >= 15 is 0 Å². The Morgan fingerprint density at radius 1 is 1.15 bits per heavy atom. The van der Waals surface area contributed by atoms with E-state index in [2.05, 4.69) is 53.4 Å². The van der Waals surface area contributed by atoms with Gasteiger partial charge in [0.15, 0.2) is 0 Å². The van der Waals surface area contributed by atoms with Crippen molar-refractivity contribution in [1.29, 1.82) is 0 Å². The maximum Gasteiger partial charge on any atom is 0.0478 e. The van der Waals surface area contributed by atoms with Crippen LogP contribution in [0.15, 0.2) is 24.3 Å². The zero-order valence-electron chi connectivity index (χ0n) is 12.8. The van der Waals surface area contributed by atoms with Gasteiger partial charge >= 0.3 is 0 Å². The van der Waals surface area contributed by atoms with Crippen LogP contribution in [0.25, 0.3) is 0 Å². The van der Waals surface area contributed by atoms with Crippen molar-refractivity contribution in [2.24, 2.45) is 0 Å². The molecule has 2 aliphatic rings. The third-order valence-corrected chi connectivity index (χ3v) is 5.12. The van der Waals surface area contributed by atoms with Gasteiger partial charge in [-0.1, -0.05) is 31.2 Å². The average molecular weight is 273 g/mol. The lowest BCUT2D eigenvalue weighted by Gasteiger charge is -2.44. The van der Waals surface area contributed by atoms with E-state index in [0.717, 1.165) is 0 Å². The summed E-state index contributed by atoms with van der Waals surface area (Å²) in [5.41, 5.74) is 3.06. The summed E-state index contributed by atoms with van der Waals surface area (Å²) in [7, 11) is 2.11. The number of likely N-dealkylation sites (N-methyl/N-ethyl adjacent to an activating group) is 2. The molecule has 3 nitrogen and oxygen atoms in total. The molecule has 3 rings (SSSR count). The molecule has 0 aromatic heterocycles. The smallest absolute Gasteiger partial charge is 0.0478 e. The summed E-state index contributed by atoms with van der Waals surface area (Å²) in [5.74, 6) is 0. The van der Waals surface area contributed by atoms with E-state index in [0.29, 0.717) is 12.1 Å². The highest BCUT2D eigenvalue weighted by Gasteiger charge is 2.33. The van der Waals surface area contributed by atoms with E-state index in [-0.39, 0.29) is 0 Å². The predicted octanol–water partition coefficient (Wildman–Crippen LogP) is 1.90. The monoisotopic (exact) mass is 273 g/mol. The van der Waals surface area contributed by atoms with Gasteiger partial charge in [0.25, 0.3) is 0 Å². The lowest BCUT2D eigenvalue weighted by molar-refractivity contribution is 0.0743. The van der Waals surface area contributed by atoms with Crippen LogP contribution in [0.1, 0.15) is 30.5 Å². The first-order valence-corrected chi connectivity index (χ1v) is 8.05. The Labute approximate surface area is 123 Å². The van der Waals surface area contributed by atoms with E-state index in [1.54, 1.807) is 0 Å². The van der Waals surface area contributed by atoms with Gasteiger partial charge in [0.1, 0.15) is 0 Å². The number of benzene rings is 1. The van der Waals surface area contributed by atoms with Gasteiger partial charge in [-0.3, -0.25) is 4.90 Å². The molecule has 1 fully saturated rings. The van der Waals surface area contributed by atoms with Crippen LogP contribution in [0.5, 0.6) is 0 Å². The number of nitrogens with zero attached hydrogens (tertiary/aromatic N) is 2. The fourth-order valence-electron chi connectivity index (χ4n) is 3.90. The minimum atomic E-state index is 0.494. The van der Waals surface area contributed by atoms with Crippen LogP contribution in [0, 0.1) is 0 Å². The largest absolute Gasteiger partial charge is 0.312 e. The van der Waals surface area contributed by atoms with Crippen molar-refractivity contribution in [2.45, 2.75) is 31.8 Å². The molecule has 3 heteroatoms. The second-order valence-electron chi connectivity index (χ2n) is 6.04. The van der Waals surface area contributed by atoms with Crippen LogP contribution in [0.2, 0.25) is 0 Å². The fraction of sp³-hybridized carbons (Fsp3) is 0.647. The van der Waals surface area contributed by atoms with Gasteiger partial charge < -0.3 is 10.2 Å². The molecule has 1 N–H and O–H groups in total. The highest BCUT2D eigenvalue weighted by Crippen LogP contribution is 2.33. The third-order valence-electron chi connectivity index (χ3n) is 5.12. The molecule has 0 spiro atoms. The topological polar surface area (TPSA) is 18.5 Å². The number of fused-ring (bicyclic) bond motifs is 1. The SMILES string of the molecule is CCN1CCN(C2CCc3ccccc3C2NC)CC1. The molecule has 2 unspecified atom stereocenters. The molecule has 1 heterocycles. The van der Waals surface area contributed by atoms with Crippen LogP contribution in [-0.2, 0) is 6.42 Å². The maximum absolute atomic E-state index is 3.58. The first kappa shape index (κ1) is 14.1. The second kappa shape index (κ2) is 6.25. The van der Waals surface area contributed by atoms with Crippen molar-refractivity contribution in [3.05, 3.63) is 35.4 Å². The van der Waals surface area contributed by atoms with E-state index in [9.17, 15) is 0 Å². The molecule has 0 bridgehead atoms. The van der Waals surface area contributed by atoms with E-state index in [1.165, 1.54) is 56.7 Å². The fourth-order valence-corrected chi connectivity index (χ4v) is 3.90. The van der Waals surface area contributed by atoms with Crippen LogP contribution in [0.4, 0.5) is 0 Å². The first-order chi connectivity index (χ1) is 9.83. The summed E-state index contributed by atoms with van der Waals surface area (Å²) in [6.07, 6.45) is 2.52. The van der Waals surface area contributed by atoms with Crippen LogP contribution in [-0.4, -0.2) is 55.6 Å². The maximum atomic E-state index is 3.58. The second-order valence-corrected chi connectivity index (χ2v) is 6.04. The predicted molar refractivity (Wildman–Crippen MR) is 84.0 cm³/mol. The molecule has 1 aliphatic heterocycles. The summed E-state index contributed by atoms with van der Waals surface area (Å²) in [6, 6.07) is 10.1. The Hall–Kier alpha value is -0.900. The van der Waals surface area contributed by atoms with Crippen molar-refractivity contribution in [2.75, 3.05) is 39.8 Å². The number of rotatable bonds is 3. The Balaban J connectivity index is 1.75. The third kappa shape index (κ3) is 2.62. The summed E-state index contributed by atoms with van der Waals surface area (Å²) in [6.45, 7) is 8.35. The highest BCUT2D eigenvalue weighted by molar-refractivity contribution is 5.34. The van der Waals surface area contributed by atoms with Gasteiger partial charge in [-0.15, -0.1) is 0 Å². The Bertz CT molecular complexity index is 438. The number of hydrogen-bond acceptors (Lipinski definition) is 3. The van der Waals surface area contributed by atoms with Gasteiger partial charge in [-0.05, 0) is 37.6 Å². The lowest BCUT2D eigenvalue weighted by Crippen LogP contribution is -2.54. The van der Waals surface area contributed by atoms with Crippen molar-refractivity contribution in [1.82, 2.24) is 15.1 Å². The zero-order chi connectivity index (χ0) is 13.9. The summed E-state index contributed by atoms with van der Waals surface area (Å²) in [5, 5.41) is 3.58. The average Bonchev–Trinajstić information content (AvgIpc) is 2.54. The van der Waals surface area contributed by atoms with Gasteiger partial charge in [-0.2, -0.15) is 0 Å². The number of aryl methyl sites for hydroxylation is 1. The minimum Gasteiger partial charge on any atom is -0.312 e. The van der Waals surface area contributed by atoms with Gasteiger partial charge in [0.05, 0.1) is 0 Å². The molecule has 1 saturated heterocycles. The van der Waals surface area contributed by atoms with Crippen molar-refractivity contribution >= 4 is 0 Å². The lowest BCUT2D eigenvalue weighted by atomic mass is 9.83. The van der Waals surface area contributed by atoms with Gasteiger partial charge in [0, 0.05) is 38.3 Å². The molecule has 1 aliphatic carbocycles. The first-order valence-electron chi connectivity index (χ1n) is 8.05. The molecular weight excluding hydrogens is 246 g/mol.